The first-order valence-corrected chi connectivity index (χ1v) is 5.88. The number of carbonyl (C=O) groups is 1. The Hall–Kier alpha value is -1.82. The lowest BCUT2D eigenvalue weighted by Crippen LogP contribution is -1.91. The summed E-state index contributed by atoms with van der Waals surface area (Å²) in [5, 5.41) is 12.2. The van der Waals surface area contributed by atoms with Crippen LogP contribution >= 0.6 is 11.8 Å². The van der Waals surface area contributed by atoms with Crippen LogP contribution in [0.5, 0.6) is 0 Å². The maximum atomic E-state index is 13.7. The molecular weight excluding hydrogens is 245 g/mol. The van der Waals surface area contributed by atoms with Crippen molar-refractivity contribution in [1.82, 2.24) is 5.16 Å². The first-order chi connectivity index (χ1) is 8.11. The van der Waals surface area contributed by atoms with Crippen molar-refractivity contribution in [3.63, 3.8) is 0 Å². The predicted octanol–water partition coefficient (Wildman–Crippen LogP) is 2.90. The van der Waals surface area contributed by atoms with E-state index in [-0.39, 0.29) is 17.0 Å². The minimum atomic E-state index is -1.23. The molecule has 0 atom stereocenters. The smallest absolute Gasteiger partial charge is 0.374 e. The Bertz CT molecular complexity index is 568. The Morgan fingerprint density at radius 1 is 1.47 bits per heavy atom. The van der Waals surface area contributed by atoms with E-state index in [2.05, 4.69) is 9.68 Å². The summed E-state index contributed by atoms with van der Waals surface area (Å²) in [6.45, 7) is 0. The van der Waals surface area contributed by atoms with E-state index >= 15 is 0 Å². The quantitative estimate of drug-likeness (QED) is 0.852. The highest BCUT2D eigenvalue weighted by atomic mass is 32.2. The lowest BCUT2D eigenvalue weighted by atomic mass is 10.1. The van der Waals surface area contributed by atoms with E-state index in [0.717, 1.165) is 4.90 Å². The molecule has 17 heavy (non-hydrogen) atoms. The molecule has 1 aromatic carbocycles. The molecule has 0 radical (unpaired) electrons. The van der Waals surface area contributed by atoms with Crippen LogP contribution < -0.4 is 0 Å². The van der Waals surface area contributed by atoms with Gasteiger partial charge in [-0.25, -0.2) is 9.18 Å². The molecule has 0 saturated heterocycles. The van der Waals surface area contributed by atoms with Crippen molar-refractivity contribution in [2.75, 3.05) is 6.26 Å². The summed E-state index contributed by atoms with van der Waals surface area (Å²) >= 11 is 1.42. The normalized spacial score (nSPS) is 10.5. The predicted molar refractivity (Wildman–Crippen MR) is 60.6 cm³/mol. The number of hydrogen-bond donors (Lipinski definition) is 1. The molecule has 0 aliphatic rings. The fourth-order valence-corrected chi connectivity index (χ4v) is 1.76. The van der Waals surface area contributed by atoms with Gasteiger partial charge in [-0.3, -0.25) is 0 Å². The zero-order valence-electron chi connectivity index (χ0n) is 8.81. The molecule has 0 aliphatic heterocycles. The van der Waals surface area contributed by atoms with Crippen LogP contribution in [0.25, 0.3) is 11.3 Å². The number of carboxylic acid groups (broad SMARTS) is 1. The van der Waals surface area contributed by atoms with Gasteiger partial charge in [0.05, 0.1) is 0 Å². The van der Waals surface area contributed by atoms with E-state index in [1.165, 1.54) is 23.9 Å². The Labute approximate surface area is 100 Å². The number of hydrogen-bond acceptors (Lipinski definition) is 4. The third kappa shape index (κ3) is 2.31. The highest BCUT2D eigenvalue weighted by Crippen LogP contribution is 2.26. The van der Waals surface area contributed by atoms with E-state index in [0.29, 0.717) is 0 Å². The van der Waals surface area contributed by atoms with Gasteiger partial charge in [-0.05, 0) is 24.5 Å². The van der Waals surface area contributed by atoms with Crippen molar-refractivity contribution in [3.05, 3.63) is 35.8 Å². The molecule has 0 saturated carbocycles. The van der Waals surface area contributed by atoms with E-state index in [4.69, 9.17) is 5.11 Å². The molecule has 88 valence electrons. The van der Waals surface area contributed by atoms with Crippen LogP contribution in [0.3, 0.4) is 0 Å². The second-order valence-electron chi connectivity index (χ2n) is 3.23. The third-order valence-electron chi connectivity index (χ3n) is 2.17. The van der Waals surface area contributed by atoms with Crippen molar-refractivity contribution in [1.29, 1.82) is 0 Å². The molecule has 6 heteroatoms. The zero-order valence-corrected chi connectivity index (χ0v) is 9.62. The standard InChI is InChI=1S/C11H8FNO3S/c1-17-6-2-3-7(8(12)4-6)9-5-10(11(14)15)16-13-9/h2-5H,1H3,(H,14,15). The third-order valence-corrected chi connectivity index (χ3v) is 2.90. The Morgan fingerprint density at radius 2 is 2.24 bits per heavy atom. The summed E-state index contributed by atoms with van der Waals surface area (Å²) in [5.74, 6) is -2.00. The summed E-state index contributed by atoms with van der Waals surface area (Å²) in [7, 11) is 0. The molecular formula is C11H8FNO3S. The molecule has 2 rings (SSSR count). The number of nitrogens with zero attached hydrogens (tertiary/aromatic N) is 1. The van der Waals surface area contributed by atoms with Crippen molar-refractivity contribution < 1.29 is 18.8 Å². The number of carboxylic acids is 1. The number of halogens is 1. The van der Waals surface area contributed by atoms with Crippen molar-refractivity contribution in [3.8, 4) is 11.3 Å². The fourth-order valence-electron chi connectivity index (χ4n) is 1.33. The number of benzene rings is 1. The first kappa shape index (κ1) is 11.7. The average Bonchev–Trinajstić information content (AvgIpc) is 2.78. The lowest BCUT2D eigenvalue weighted by Gasteiger charge is -2.00. The van der Waals surface area contributed by atoms with Crippen molar-refractivity contribution >= 4 is 17.7 Å². The Balaban J connectivity index is 2.42. The van der Waals surface area contributed by atoms with Crippen molar-refractivity contribution in [2.24, 2.45) is 0 Å². The van der Waals surface area contributed by atoms with Gasteiger partial charge in [-0.1, -0.05) is 5.16 Å². The minimum absolute atomic E-state index is 0.174. The molecule has 0 unspecified atom stereocenters. The van der Waals surface area contributed by atoms with Gasteiger partial charge >= 0.3 is 5.97 Å². The second kappa shape index (κ2) is 4.58. The highest BCUT2D eigenvalue weighted by molar-refractivity contribution is 7.98. The van der Waals surface area contributed by atoms with Crippen LogP contribution in [0.1, 0.15) is 10.6 Å². The second-order valence-corrected chi connectivity index (χ2v) is 4.11. The van der Waals surface area contributed by atoms with Gasteiger partial charge in [0.25, 0.3) is 0 Å². The Morgan fingerprint density at radius 3 is 2.76 bits per heavy atom. The van der Waals surface area contributed by atoms with Gasteiger partial charge in [0, 0.05) is 16.5 Å². The largest absolute Gasteiger partial charge is 0.475 e. The number of thioether (sulfide) groups is 1. The van der Waals surface area contributed by atoms with Gasteiger partial charge in [-0.2, -0.15) is 0 Å². The molecule has 0 aliphatic carbocycles. The van der Waals surface area contributed by atoms with Crippen LogP contribution in [-0.4, -0.2) is 22.5 Å². The molecule has 1 N–H and O–H groups in total. The summed E-state index contributed by atoms with van der Waals surface area (Å²) in [6.07, 6.45) is 1.84. The van der Waals surface area contributed by atoms with Crippen LogP contribution in [0.4, 0.5) is 4.39 Å². The average molecular weight is 253 g/mol. The molecule has 2 aromatic rings. The summed E-state index contributed by atoms with van der Waals surface area (Å²) in [4.78, 5) is 11.4. The number of aromatic carboxylic acids is 1. The van der Waals surface area contributed by atoms with E-state index in [1.54, 1.807) is 12.1 Å². The topological polar surface area (TPSA) is 63.3 Å². The van der Waals surface area contributed by atoms with E-state index < -0.39 is 11.8 Å². The van der Waals surface area contributed by atoms with Gasteiger partial charge < -0.3 is 9.63 Å². The van der Waals surface area contributed by atoms with Gasteiger partial charge in [-0.15, -0.1) is 11.8 Å². The van der Waals surface area contributed by atoms with Crippen LogP contribution in [0.15, 0.2) is 33.7 Å². The molecule has 4 nitrogen and oxygen atoms in total. The van der Waals surface area contributed by atoms with Gasteiger partial charge in [0.15, 0.2) is 0 Å². The van der Waals surface area contributed by atoms with Gasteiger partial charge in [0.1, 0.15) is 11.5 Å². The fraction of sp³-hybridized carbons (Fsp3) is 0.0909. The summed E-state index contributed by atoms with van der Waals surface area (Å²) in [5.41, 5.74) is 0.395. The monoisotopic (exact) mass is 253 g/mol. The lowest BCUT2D eigenvalue weighted by molar-refractivity contribution is 0.0652. The SMILES string of the molecule is CSc1ccc(-c2cc(C(=O)O)on2)c(F)c1. The minimum Gasteiger partial charge on any atom is -0.475 e. The zero-order chi connectivity index (χ0) is 12.4. The van der Waals surface area contributed by atoms with Crippen LogP contribution in [-0.2, 0) is 0 Å². The Kier molecular flexibility index (Phi) is 3.14. The first-order valence-electron chi connectivity index (χ1n) is 4.65. The molecule has 1 heterocycles. The molecule has 1 aromatic heterocycles. The van der Waals surface area contributed by atoms with E-state index in [9.17, 15) is 9.18 Å². The maximum Gasteiger partial charge on any atom is 0.374 e. The summed E-state index contributed by atoms with van der Waals surface area (Å²) < 4.78 is 18.3. The van der Waals surface area contributed by atoms with Crippen LogP contribution in [0, 0.1) is 5.82 Å². The van der Waals surface area contributed by atoms with Gasteiger partial charge in [0.2, 0.25) is 5.76 Å². The van der Waals surface area contributed by atoms with E-state index in [1.807, 2.05) is 6.26 Å². The molecule has 0 fully saturated rings. The van der Waals surface area contributed by atoms with Crippen molar-refractivity contribution in [2.45, 2.75) is 4.90 Å². The molecule has 0 bridgehead atoms. The summed E-state index contributed by atoms with van der Waals surface area (Å²) in [6, 6.07) is 5.84. The number of aromatic nitrogens is 1. The number of rotatable bonds is 3. The maximum absolute atomic E-state index is 13.7. The highest BCUT2D eigenvalue weighted by Gasteiger charge is 2.15. The molecule has 0 amide bonds. The van der Waals surface area contributed by atoms with Crippen LogP contribution in [0.2, 0.25) is 0 Å². The molecule has 0 spiro atoms.